The second kappa shape index (κ2) is 10.0. The van der Waals surface area contributed by atoms with Crippen molar-refractivity contribution >= 4 is 17.9 Å². The number of cyclic esters (lactones) is 3. The van der Waals surface area contributed by atoms with Gasteiger partial charge in [-0.2, -0.15) is 0 Å². The number of ether oxygens (including phenoxy) is 4. The van der Waals surface area contributed by atoms with Crippen LogP contribution < -0.4 is 5.11 Å². The zero-order chi connectivity index (χ0) is 29.7. The standard InChI is InChI=1S/C35H43O8/c1-34(28-22-10-18-8-19(12-22)13-23(28)11-18)40-30(36)26(31(37)41-34)6-4-3-5-7-27-32(38)42-35(2,43-33(27)39)29-24-14-20-9-21(16-24)17-25(29)15-20/h3-7,18-26,28-30H,8-17H2,1-2H3/q-1. The Kier molecular flexibility index (Phi) is 6.54. The molecule has 8 saturated carbocycles. The molecule has 2 heterocycles. The predicted molar refractivity (Wildman–Crippen MR) is 151 cm³/mol. The number of rotatable bonds is 5. The Morgan fingerprint density at radius 2 is 1.09 bits per heavy atom. The molecule has 8 bridgehead atoms. The highest BCUT2D eigenvalue weighted by atomic mass is 16.8. The van der Waals surface area contributed by atoms with E-state index in [9.17, 15) is 19.5 Å². The molecule has 3 unspecified atom stereocenters. The second-order valence-electron chi connectivity index (χ2n) is 15.5. The van der Waals surface area contributed by atoms with Gasteiger partial charge in [0.1, 0.15) is 5.57 Å². The van der Waals surface area contributed by atoms with Crippen molar-refractivity contribution in [3.63, 3.8) is 0 Å². The first-order valence-corrected chi connectivity index (χ1v) is 16.7. The summed E-state index contributed by atoms with van der Waals surface area (Å²) in [5.41, 5.74) is -0.167. The average molecular weight is 592 g/mol. The van der Waals surface area contributed by atoms with Gasteiger partial charge in [0, 0.05) is 32.0 Å². The highest BCUT2D eigenvalue weighted by molar-refractivity contribution is 6.15. The molecule has 0 amide bonds. The maximum absolute atomic E-state index is 13.1. The van der Waals surface area contributed by atoms with Crippen molar-refractivity contribution in [1.82, 2.24) is 0 Å². The first kappa shape index (κ1) is 28.1. The number of hydrogen-bond donors (Lipinski definition) is 0. The molecule has 43 heavy (non-hydrogen) atoms. The summed E-state index contributed by atoms with van der Waals surface area (Å²) < 4.78 is 23.6. The molecule has 10 aliphatic rings. The first-order valence-electron chi connectivity index (χ1n) is 16.7. The normalized spacial score (nSPS) is 51.7. The molecule has 8 nitrogen and oxygen atoms in total. The minimum absolute atomic E-state index is 0.0518. The van der Waals surface area contributed by atoms with E-state index in [1.807, 2.05) is 0 Å². The number of carbonyl (C=O) groups excluding carboxylic acids is 3. The van der Waals surface area contributed by atoms with E-state index in [4.69, 9.17) is 18.9 Å². The van der Waals surface area contributed by atoms with Crippen molar-refractivity contribution in [3.05, 3.63) is 36.0 Å². The monoisotopic (exact) mass is 591 g/mol. The number of hydrogen-bond acceptors (Lipinski definition) is 8. The summed E-state index contributed by atoms with van der Waals surface area (Å²) in [4.78, 5) is 39.0. The predicted octanol–water partition coefficient (Wildman–Crippen LogP) is 4.58. The van der Waals surface area contributed by atoms with Gasteiger partial charge in [-0.15, -0.1) is 0 Å². The Hall–Kier alpha value is -2.45. The summed E-state index contributed by atoms with van der Waals surface area (Å²) in [6.45, 7) is 3.54. The summed E-state index contributed by atoms with van der Waals surface area (Å²) in [6, 6.07) is 0. The zero-order valence-electron chi connectivity index (χ0n) is 25.2. The Morgan fingerprint density at radius 3 is 1.56 bits per heavy atom. The van der Waals surface area contributed by atoms with E-state index in [0.29, 0.717) is 23.7 Å². The van der Waals surface area contributed by atoms with Gasteiger partial charge in [-0.25, -0.2) is 9.59 Å². The van der Waals surface area contributed by atoms with Crippen LogP contribution >= 0.6 is 0 Å². The maximum Gasteiger partial charge on any atom is 0.348 e. The van der Waals surface area contributed by atoms with Crippen molar-refractivity contribution in [1.29, 1.82) is 0 Å². The van der Waals surface area contributed by atoms with Crippen LogP contribution in [0.4, 0.5) is 0 Å². The van der Waals surface area contributed by atoms with E-state index in [0.717, 1.165) is 75.0 Å². The fourth-order valence-electron chi connectivity index (χ4n) is 11.8. The Labute approximate surface area is 253 Å². The maximum atomic E-state index is 13.1. The van der Waals surface area contributed by atoms with E-state index in [-0.39, 0.29) is 17.4 Å². The van der Waals surface area contributed by atoms with Gasteiger partial charge in [0.15, 0.2) is 0 Å². The SMILES string of the molecule is CC1(C2C3CC4CC(C3)CC2C4)OC(=O)C(=CC=CC=CC2C(=O)OC(C)(C3C4CC5CC(C4)CC3C5)OC2[O-])C(=O)O1. The molecule has 0 radical (unpaired) electrons. The topological polar surface area (TPSA) is 111 Å². The molecule has 0 N–H and O–H groups in total. The fourth-order valence-corrected chi connectivity index (χ4v) is 11.8. The van der Waals surface area contributed by atoms with E-state index in [1.165, 1.54) is 31.1 Å². The van der Waals surface area contributed by atoms with Crippen LogP contribution in [-0.4, -0.2) is 35.8 Å². The van der Waals surface area contributed by atoms with E-state index in [1.54, 1.807) is 26.0 Å². The van der Waals surface area contributed by atoms with Crippen molar-refractivity contribution < 1.29 is 38.4 Å². The summed E-state index contributed by atoms with van der Waals surface area (Å²) in [7, 11) is 0. The molecule has 232 valence electrons. The van der Waals surface area contributed by atoms with Gasteiger partial charge in [0.25, 0.3) is 5.79 Å². The van der Waals surface area contributed by atoms with Gasteiger partial charge in [0.2, 0.25) is 5.79 Å². The van der Waals surface area contributed by atoms with Crippen LogP contribution in [0.2, 0.25) is 0 Å². The molecule has 3 atom stereocenters. The molecule has 10 fully saturated rings. The smallest absolute Gasteiger partial charge is 0.348 e. The Bertz CT molecular complexity index is 1220. The summed E-state index contributed by atoms with van der Waals surface area (Å²) >= 11 is 0. The summed E-state index contributed by atoms with van der Waals surface area (Å²) in [6.07, 6.45) is 17.6. The minimum Gasteiger partial charge on any atom is -0.830 e. The van der Waals surface area contributed by atoms with Crippen LogP contribution in [0.5, 0.6) is 0 Å². The molecule has 0 aromatic carbocycles. The molecule has 0 aromatic heterocycles. The van der Waals surface area contributed by atoms with Crippen LogP contribution in [0.3, 0.4) is 0 Å². The molecule has 0 aromatic rings. The third-order valence-electron chi connectivity index (χ3n) is 12.7. The number of allylic oxidation sites excluding steroid dienone is 4. The second-order valence-corrected chi connectivity index (χ2v) is 15.5. The van der Waals surface area contributed by atoms with Crippen LogP contribution in [0.15, 0.2) is 36.0 Å². The van der Waals surface area contributed by atoms with E-state index < -0.39 is 41.7 Å². The largest absolute Gasteiger partial charge is 0.830 e. The first-order chi connectivity index (χ1) is 20.6. The molecule has 2 aliphatic heterocycles. The van der Waals surface area contributed by atoms with Crippen LogP contribution in [-0.2, 0) is 33.3 Å². The fraction of sp³-hybridized carbons (Fsp3) is 0.743. The van der Waals surface area contributed by atoms with Crippen LogP contribution in [0, 0.1) is 65.1 Å². The van der Waals surface area contributed by atoms with Crippen molar-refractivity contribution in [2.75, 3.05) is 0 Å². The Balaban J connectivity index is 0.893. The third kappa shape index (κ3) is 4.65. The average Bonchev–Trinajstić information content (AvgIpc) is 2.89. The lowest BCUT2D eigenvalue weighted by atomic mass is 9.50. The highest BCUT2D eigenvalue weighted by Crippen LogP contribution is 2.61. The van der Waals surface area contributed by atoms with Gasteiger partial charge in [-0.1, -0.05) is 24.3 Å². The molecule has 8 heteroatoms. The lowest BCUT2D eigenvalue weighted by Gasteiger charge is -2.60. The van der Waals surface area contributed by atoms with Crippen molar-refractivity contribution in [3.8, 4) is 0 Å². The van der Waals surface area contributed by atoms with Crippen molar-refractivity contribution in [2.24, 2.45) is 65.1 Å². The highest BCUT2D eigenvalue weighted by Gasteiger charge is 2.60. The minimum atomic E-state index is -1.56. The molecule has 2 saturated heterocycles. The van der Waals surface area contributed by atoms with E-state index >= 15 is 0 Å². The molecule has 10 rings (SSSR count). The number of carbonyl (C=O) groups is 3. The van der Waals surface area contributed by atoms with Gasteiger partial charge in [-0.3, -0.25) is 4.79 Å². The van der Waals surface area contributed by atoms with Crippen LogP contribution in [0.25, 0.3) is 0 Å². The van der Waals surface area contributed by atoms with Gasteiger partial charge >= 0.3 is 17.9 Å². The lowest BCUT2D eigenvalue weighted by Crippen LogP contribution is -2.63. The van der Waals surface area contributed by atoms with Gasteiger partial charge in [0.05, 0.1) is 5.92 Å². The van der Waals surface area contributed by atoms with Gasteiger partial charge in [-0.05, 0) is 118 Å². The summed E-state index contributed by atoms with van der Waals surface area (Å²) in [5.74, 6) is -0.422. The molecule has 8 aliphatic carbocycles. The number of esters is 3. The van der Waals surface area contributed by atoms with E-state index in [2.05, 4.69) is 0 Å². The van der Waals surface area contributed by atoms with Crippen molar-refractivity contribution in [2.45, 2.75) is 95.9 Å². The molecule has 0 spiro atoms. The Morgan fingerprint density at radius 1 is 0.628 bits per heavy atom. The summed E-state index contributed by atoms with van der Waals surface area (Å²) in [5, 5.41) is 13.1. The third-order valence-corrected chi connectivity index (χ3v) is 12.7. The molecular formula is C35H43O8-. The zero-order valence-corrected chi connectivity index (χ0v) is 25.2. The lowest BCUT2D eigenvalue weighted by molar-refractivity contribution is -0.541. The quantitative estimate of drug-likeness (QED) is 0.198. The van der Waals surface area contributed by atoms with Gasteiger partial charge < -0.3 is 24.1 Å². The van der Waals surface area contributed by atoms with Crippen LogP contribution in [0.1, 0.15) is 78.1 Å². The molecular weight excluding hydrogens is 548 g/mol.